The van der Waals surface area contributed by atoms with E-state index in [0.29, 0.717) is 0 Å². The van der Waals surface area contributed by atoms with E-state index in [0.717, 1.165) is 12.8 Å². The van der Waals surface area contributed by atoms with Crippen molar-refractivity contribution in [2.45, 2.75) is 136 Å². The highest BCUT2D eigenvalue weighted by atomic mass is 28.4. The van der Waals surface area contributed by atoms with Crippen LogP contribution in [0.3, 0.4) is 0 Å². The van der Waals surface area contributed by atoms with Gasteiger partial charge in [0.2, 0.25) is 0 Å². The summed E-state index contributed by atoms with van der Waals surface area (Å²) in [5, 5.41) is 0.00130. The molecule has 0 aromatic heterocycles. The van der Waals surface area contributed by atoms with Crippen molar-refractivity contribution in [2.24, 2.45) is 10.8 Å². The first-order valence-electron chi connectivity index (χ1n) is 12.4. The van der Waals surface area contributed by atoms with Gasteiger partial charge in [-0.15, -0.1) is 0 Å². The second-order valence-electron chi connectivity index (χ2n) is 13.2. The Morgan fingerprint density at radius 1 is 1.07 bits per heavy atom. The summed E-state index contributed by atoms with van der Waals surface area (Å²) in [7, 11) is -2.60. The van der Waals surface area contributed by atoms with Crippen molar-refractivity contribution < 1.29 is 8.85 Å². The zero-order chi connectivity index (χ0) is 22.6. The fourth-order valence-electron chi connectivity index (χ4n) is 6.62. The molecule has 1 aliphatic heterocycles. The monoisotopic (exact) mass is 432 g/mol. The average molecular weight is 433 g/mol. The van der Waals surface area contributed by atoms with Gasteiger partial charge in [0, 0.05) is 15.5 Å². The average Bonchev–Trinajstić information content (AvgIpc) is 2.97. The number of unbranched alkanes of at least 4 members (excludes halogenated alkanes) is 1. The van der Waals surface area contributed by atoms with Crippen LogP contribution < -0.4 is 0 Å². The molecular formula is C27H48O2Si. The maximum absolute atomic E-state index is 7.66. The second kappa shape index (κ2) is 7.59. The number of fused-ring (bicyclic) bond motifs is 3. The van der Waals surface area contributed by atoms with Gasteiger partial charge in [-0.25, -0.2) is 0 Å². The lowest BCUT2D eigenvalue weighted by Crippen LogP contribution is -2.58. The van der Waals surface area contributed by atoms with Gasteiger partial charge in [0.05, 0.1) is 11.7 Å². The van der Waals surface area contributed by atoms with Crippen molar-refractivity contribution in [1.82, 2.24) is 0 Å². The van der Waals surface area contributed by atoms with Crippen molar-refractivity contribution in [1.29, 1.82) is 0 Å². The predicted octanol–water partition coefficient (Wildman–Crippen LogP) is 8.48. The third kappa shape index (κ3) is 3.51. The van der Waals surface area contributed by atoms with Gasteiger partial charge in [-0.2, -0.15) is 0 Å². The Morgan fingerprint density at radius 3 is 2.27 bits per heavy atom. The summed E-state index contributed by atoms with van der Waals surface area (Å²) in [6.07, 6.45) is 15.7. The molecule has 0 radical (unpaired) electrons. The summed E-state index contributed by atoms with van der Waals surface area (Å²) in [5.41, 5.74) is 1.37. The van der Waals surface area contributed by atoms with Gasteiger partial charge < -0.3 is 8.85 Å². The van der Waals surface area contributed by atoms with Crippen LogP contribution in [0.15, 0.2) is 23.8 Å². The zero-order valence-corrected chi connectivity index (χ0v) is 22.6. The van der Waals surface area contributed by atoms with Crippen LogP contribution in [-0.4, -0.2) is 20.3 Å². The smallest absolute Gasteiger partial charge is 0.350 e. The van der Waals surface area contributed by atoms with Crippen LogP contribution in [0.4, 0.5) is 0 Å². The van der Waals surface area contributed by atoms with Crippen LogP contribution in [0.25, 0.3) is 0 Å². The Balaban J connectivity index is 2.30. The fraction of sp³-hybridized carbons (Fsp3) is 0.852. The summed E-state index contributed by atoms with van der Waals surface area (Å²) in [5.74, 6) is 0. The first-order chi connectivity index (χ1) is 13.7. The minimum Gasteiger partial charge on any atom is -0.384 e. The topological polar surface area (TPSA) is 18.5 Å². The molecule has 2 aliphatic carbocycles. The van der Waals surface area contributed by atoms with Gasteiger partial charge in [0.15, 0.2) is 0 Å². The molecule has 0 aromatic carbocycles. The molecule has 1 heterocycles. The predicted molar refractivity (Wildman–Crippen MR) is 131 cm³/mol. The van der Waals surface area contributed by atoms with Crippen molar-refractivity contribution in [3.05, 3.63) is 23.8 Å². The van der Waals surface area contributed by atoms with Crippen LogP contribution in [-0.2, 0) is 8.85 Å². The van der Waals surface area contributed by atoms with Crippen molar-refractivity contribution in [3.63, 3.8) is 0 Å². The molecule has 1 fully saturated rings. The highest BCUT2D eigenvalue weighted by Gasteiger charge is 2.72. The van der Waals surface area contributed by atoms with Crippen molar-refractivity contribution >= 4 is 8.56 Å². The van der Waals surface area contributed by atoms with E-state index in [4.69, 9.17) is 8.85 Å². The molecule has 3 rings (SSSR count). The molecule has 0 bridgehead atoms. The van der Waals surface area contributed by atoms with E-state index in [9.17, 15) is 0 Å². The number of allylic oxidation sites excluding steroid dienone is 3. The first-order valence-corrected chi connectivity index (χ1v) is 14.2. The van der Waals surface area contributed by atoms with Crippen molar-refractivity contribution in [3.8, 4) is 0 Å². The van der Waals surface area contributed by atoms with Crippen LogP contribution in [0.5, 0.6) is 0 Å². The molecule has 2 nitrogen and oxygen atoms in total. The van der Waals surface area contributed by atoms with E-state index in [1.807, 2.05) is 0 Å². The van der Waals surface area contributed by atoms with Crippen molar-refractivity contribution in [2.75, 3.05) is 0 Å². The molecule has 0 amide bonds. The normalized spacial score (nSPS) is 36.9. The lowest BCUT2D eigenvalue weighted by molar-refractivity contribution is -0.0706. The Kier molecular flexibility index (Phi) is 6.14. The first kappa shape index (κ1) is 24.3. The van der Waals surface area contributed by atoms with Gasteiger partial charge >= 0.3 is 8.56 Å². The van der Waals surface area contributed by atoms with Crippen LogP contribution in [0.2, 0.25) is 10.1 Å². The highest BCUT2D eigenvalue weighted by molar-refractivity contribution is 6.74. The molecular weight excluding hydrogens is 384 g/mol. The Morgan fingerprint density at radius 2 is 1.70 bits per heavy atom. The van der Waals surface area contributed by atoms with Crippen LogP contribution in [0.1, 0.15) is 114 Å². The fourth-order valence-corrected chi connectivity index (χ4v) is 11.9. The maximum Gasteiger partial charge on any atom is 0.350 e. The quantitative estimate of drug-likeness (QED) is 0.329. The molecule has 1 saturated heterocycles. The summed E-state index contributed by atoms with van der Waals surface area (Å²) in [6, 6.07) is 0. The van der Waals surface area contributed by atoms with E-state index in [1.165, 1.54) is 37.7 Å². The lowest BCUT2D eigenvalue weighted by atomic mass is 9.59. The van der Waals surface area contributed by atoms with E-state index in [1.54, 1.807) is 0 Å². The summed E-state index contributed by atoms with van der Waals surface area (Å²) in [4.78, 5) is 0. The van der Waals surface area contributed by atoms with Crippen LogP contribution in [0, 0.1) is 10.8 Å². The number of hydrogen-bond donors (Lipinski definition) is 0. The molecule has 30 heavy (non-hydrogen) atoms. The largest absolute Gasteiger partial charge is 0.384 e. The molecule has 172 valence electrons. The number of hydrogen-bond acceptors (Lipinski definition) is 2. The van der Waals surface area contributed by atoms with Crippen LogP contribution >= 0.6 is 0 Å². The Bertz CT molecular complexity index is 691. The van der Waals surface area contributed by atoms with Gasteiger partial charge in [-0.05, 0) is 43.1 Å². The molecule has 0 unspecified atom stereocenters. The standard InChI is InChI=1S/C27H48O2Si/c1-11-12-20-27-22(28-30(29-27,23(2,3)4)24(5,6)7)21-16-13-14-18-26(21,10)19-15-17-25(27,8)9/h15-16,19,22H,11-14,17-18,20H2,1-10H3/b19-15-/t22-,26+,27+/m0/s1. The third-order valence-corrected chi connectivity index (χ3v) is 13.5. The molecule has 0 saturated carbocycles. The summed E-state index contributed by atoms with van der Waals surface area (Å²) in [6.45, 7) is 23.8. The molecule has 3 aliphatic rings. The third-order valence-electron chi connectivity index (χ3n) is 8.38. The minimum absolute atomic E-state index is 0.000651. The SMILES string of the molecule is CCCC[C@@]12O[Si](C(C)(C)C)(C(C)(C)C)O[C@H]1C1=CCCC[C@]1(C)/C=C\CC2(C)C. The van der Waals surface area contributed by atoms with Gasteiger partial charge in [0.1, 0.15) is 0 Å². The molecule has 0 N–H and O–H groups in total. The lowest BCUT2D eigenvalue weighted by Gasteiger charge is -2.52. The van der Waals surface area contributed by atoms with Gasteiger partial charge in [0.25, 0.3) is 0 Å². The van der Waals surface area contributed by atoms with Gasteiger partial charge in [-0.1, -0.05) is 100 Å². The molecule has 3 atom stereocenters. The molecule has 0 spiro atoms. The van der Waals surface area contributed by atoms with E-state index in [-0.39, 0.29) is 32.6 Å². The number of rotatable bonds is 3. The summed E-state index contributed by atoms with van der Waals surface area (Å²) >= 11 is 0. The second-order valence-corrected chi connectivity index (χ2v) is 17.8. The maximum atomic E-state index is 7.66. The van der Waals surface area contributed by atoms with E-state index < -0.39 is 8.56 Å². The Hall–Kier alpha value is -0.383. The minimum atomic E-state index is -2.60. The molecule has 0 aromatic rings. The van der Waals surface area contributed by atoms with Gasteiger partial charge in [-0.3, -0.25) is 0 Å². The molecule has 3 heteroatoms. The summed E-state index contributed by atoms with van der Waals surface area (Å²) < 4.78 is 15.2. The van der Waals surface area contributed by atoms with E-state index >= 15 is 0 Å². The zero-order valence-electron chi connectivity index (χ0n) is 21.6. The highest BCUT2D eigenvalue weighted by Crippen LogP contribution is 2.65. The van der Waals surface area contributed by atoms with E-state index in [2.05, 4.69) is 87.5 Å². The Labute approximate surface area is 188 Å².